The minimum Gasteiger partial charge on any atom is -0.493 e. The third-order valence-electron chi connectivity index (χ3n) is 7.00. The number of benzene rings is 3. The van der Waals surface area contributed by atoms with Gasteiger partial charge in [0.25, 0.3) is 0 Å². The molecule has 2 aliphatic rings. The molecular weight excluding hydrogens is 436 g/mol. The number of allylic oxidation sites excluding steroid dienone is 1. The molecule has 1 aliphatic heterocycles. The van der Waals surface area contributed by atoms with Gasteiger partial charge < -0.3 is 20.1 Å². The lowest BCUT2D eigenvalue weighted by Gasteiger charge is -2.31. The fourth-order valence-electron chi connectivity index (χ4n) is 5.21. The van der Waals surface area contributed by atoms with E-state index in [1.54, 1.807) is 7.11 Å². The highest BCUT2D eigenvalue weighted by molar-refractivity contribution is 6.01. The summed E-state index contributed by atoms with van der Waals surface area (Å²) >= 11 is 0. The van der Waals surface area contributed by atoms with Crippen LogP contribution < -0.4 is 20.1 Å². The number of hydrogen-bond donors (Lipinski definition) is 2. The van der Waals surface area contributed by atoms with Crippen LogP contribution in [0.1, 0.15) is 55.3 Å². The molecule has 0 amide bonds. The molecule has 0 radical (unpaired) electrons. The fraction of sp³-hybridized carbons (Fsp3) is 0.300. The number of nitrogens with one attached hydrogen (secondary N) is 2. The summed E-state index contributed by atoms with van der Waals surface area (Å²) in [4.78, 5) is 13.8. The van der Waals surface area contributed by atoms with Crippen LogP contribution in [0.25, 0.3) is 0 Å². The maximum absolute atomic E-state index is 13.8. The molecule has 5 rings (SSSR count). The van der Waals surface area contributed by atoms with E-state index >= 15 is 0 Å². The van der Waals surface area contributed by atoms with E-state index < -0.39 is 0 Å². The molecule has 2 N–H and O–H groups in total. The van der Waals surface area contributed by atoms with Gasteiger partial charge in [-0.15, -0.1) is 0 Å². The van der Waals surface area contributed by atoms with E-state index in [9.17, 15) is 4.79 Å². The predicted molar refractivity (Wildman–Crippen MR) is 140 cm³/mol. The molecular formula is C30H32N2O3. The van der Waals surface area contributed by atoms with Crippen LogP contribution in [0, 0.1) is 0 Å². The van der Waals surface area contributed by atoms with Crippen molar-refractivity contribution in [3.63, 3.8) is 0 Å². The largest absolute Gasteiger partial charge is 0.493 e. The second kappa shape index (κ2) is 9.87. The molecule has 2 unspecified atom stereocenters. The van der Waals surface area contributed by atoms with E-state index in [0.717, 1.165) is 41.1 Å². The number of anilines is 2. The SMILES string of the molecule is CCOc1c(OC)cccc1C1Nc2ccccc2NC2=C1C(=O)CC(c1ccc(CC)cc1)C2. The number of ether oxygens (including phenoxy) is 2. The Balaban J connectivity index is 1.62. The predicted octanol–water partition coefficient (Wildman–Crippen LogP) is 6.64. The zero-order valence-electron chi connectivity index (χ0n) is 20.6. The van der Waals surface area contributed by atoms with Crippen molar-refractivity contribution in [1.29, 1.82) is 0 Å². The van der Waals surface area contributed by atoms with Crippen molar-refractivity contribution in [1.82, 2.24) is 0 Å². The normalized spacial score (nSPS) is 19.1. The summed E-state index contributed by atoms with van der Waals surface area (Å²) in [6, 6.07) is 22.3. The average molecular weight is 469 g/mol. The first kappa shape index (κ1) is 23.0. The Morgan fingerprint density at radius 2 is 1.69 bits per heavy atom. The van der Waals surface area contributed by atoms with Crippen LogP contribution in [-0.4, -0.2) is 19.5 Å². The Labute approximate surface area is 207 Å². The van der Waals surface area contributed by atoms with Gasteiger partial charge in [-0.25, -0.2) is 0 Å². The number of methoxy groups -OCH3 is 1. The molecule has 0 fully saturated rings. The van der Waals surface area contributed by atoms with E-state index in [2.05, 4.69) is 47.9 Å². The highest BCUT2D eigenvalue weighted by atomic mass is 16.5. The topological polar surface area (TPSA) is 59.6 Å². The molecule has 1 aliphatic carbocycles. The van der Waals surface area contributed by atoms with Gasteiger partial charge >= 0.3 is 0 Å². The number of carbonyl (C=O) groups is 1. The molecule has 0 spiro atoms. The number of fused-ring (bicyclic) bond motifs is 1. The molecule has 5 nitrogen and oxygen atoms in total. The van der Waals surface area contributed by atoms with Gasteiger partial charge in [0.2, 0.25) is 0 Å². The zero-order chi connectivity index (χ0) is 24.4. The Morgan fingerprint density at radius 3 is 2.40 bits per heavy atom. The molecule has 0 saturated heterocycles. The maximum atomic E-state index is 13.8. The van der Waals surface area contributed by atoms with Gasteiger partial charge in [-0.2, -0.15) is 0 Å². The number of Topliss-reactive ketones (excluding diaryl/α,β-unsaturated/α-hetero) is 1. The van der Waals surface area contributed by atoms with Gasteiger partial charge in [-0.1, -0.05) is 55.5 Å². The molecule has 2 atom stereocenters. The zero-order valence-corrected chi connectivity index (χ0v) is 20.6. The van der Waals surface area contributed by atoms with Crippen LogP contribution in [0.2, 0.25) is 0 Å². The second-order valence-electron chi connectivity index (χ2n) is 9.08. The number of para-hydroxylation sites is 3. The Hall–Kier alpha value is -3.73. The summed E-state index contributed by atoms with van der Waals surface area (Å²) in [5.41, 5.74) is 7.09. The van der Waals surface area contributed by atoms with Crippen molar-refractivity contribution in [2.75, 3.05) is 24.4 Å². The molecule has 35 heavy (non-hydrogen) atoms. The first-order chi connectivity index (χ1) is 17.1. The highest BCUT2D eigenvalue weighted by Gasteiger charge is 2.37. The minimum absolute atomic E-state index is 0.141. The van der Waals surface area contributed by atoms with E-state index in [0.29, 0.717) is 24.5 Å². The molecule has 1 heterocycles. The van der Waals surface area contributed by atoms with Gasteiger partial charge in [-0.05, 0) is 55.0 Å². The minimum atomic E-state index is -0.353. The van der Waals surface area contributed by atoms with Crippen LogP contribution in [0.4, 0.5) is 11.4 Å². The molecule has 0 aromatic heterocycles. The third kappa shape index (κ3) is 4.39. The Morgan fingerprint density at radius 1 is 0.914 bits per heavy atom. The summed E-state index contributed by atoms with van der Waals surface area (Å²) in [5, 5.41) is 7.27. The summed E-state index contributed by atoms with van der Waals surface area (Å²) in [6.45, 7) is 4.62. The standard InChI is InChI=1S/C30H32N2O3/c1-4-19-13-15-20(16-14-19)21-17-25-28(26(33)18-21)29(32-24-11-7-6-10-23(24)31-25)22-9-8-12-27(34-3)30(22)35-5-2/h6-16,21,29,31-32H,4-5,17-18H2,1-3H3. The lowest BCUT2D eigenvalue weighted by molar-refractivity contribution is -0.116. The lowest BCUT2D eigenvalue weighted by Crippen LogP contribution is -2.27. The van der Waals surface area contributed by atoms with Crippen molar-refractivity contribution >= 4 is 17.2 Å². The summed E-state index contributed by atoms with van der Waals surface area (Å²) in [7, 11) is 1.64. The second-order valence-corrected chi connectivity index (χ2v) is 9.08. The quantitative estimate of drug-likeness (QED) is 0.425. The number of aryl methyl sites for hydroxylation is 1. The molecule has 3 aromatic carbocycles. The van der Waals surface area contributed by atoms with Crippen LogP contribution >= 0.6 is 0 Å². The molecule has 5 heteroatoms. The third-order valence-corrected chi connectivity index (χ3v) is 7.00. The van der Waals surface area contributed by atoms with Crippen LogP contribution in [0.5, 0.6) is 11.5 Å². The number of hydrogen-bond acceptors (Lipinski definition) is 5. The van der Waals surface area contributed by atoms with Gasteiger partial charge in [0.1, 0.15) is 0 Å². The van der Waals surface area contributed by atoms with E-state index in [1.165, 1.54) is 11.1 Å². The van der Waals surface area contributed by atoms with E-state index in [4.69, 9.17) is 9.47 Å². The monoisotopic (exact) mass is 468 g/mol. The number of ketones is 1. The molecule has 180 valence electrons. The molecule has 0 saturated carbocycles. The Bertz CT molecular complexity index is 1260. The van der Waals surface area contributed by atoms with Crippen molar-refractivity contribution in [2.24, 2.45) is 0 Å². The summed E-state index contributed by atoms with van der Waals surface area (Å²) < 4.78 is 11.7. The molecule has 3 aromatic rings. The smallest absolute Gasteiger partial charge is 0.166 e. The average Bonchev–Trinajstić information content (AvgIpc) is 3.06. The Kier molecular flexibility index (Phi) is 6.49. The van der Waals surface area contributed by atoms with Gasteiger partial charge in [0.15, 0.2) is 17.3 Å². The van der Waals surface area contributed by atoms with Crippen LogP contribution in [-0.2, 0) is 11.2 Å². The van der Waals surface area contributed by atoms with E-state index in [1.807, 2.05) is 43.3 Å². The highest BCUT2D eigenvalue weighted by Crippen LogP contribution is 2.47. The van der Waals surface area contributed by atoms with Gasteiger partial charge in [0, 0.05) is 23.3 Å². The first-order valence-electron chi connectivity index (χ1n) is 12.4. The first-order valence-corrected chi connectivity index (χ1v) is 12.4. The summed E-state index contributed by atoms with van der Waals surface area (Å²) in [6.07, 6.45) is 2.26. The molecule has 0 bridgehead atoms. The van der Waals surface area contributed by atoms with Gasteiger partial charge in [0.05, 0.1) is 31.1 Å². The van der Waals surface area contributed by atoms with Crippen molar-refractivity contribution in [2.45, 2.75) is 45.1 Å². The summed E-state index contributed by atoms with van der Waals surface area (Å²) in [5.74, 6) is 1.63. The van der Waals surface area contributed by atoms with Crippen LogP contribution in [0.15, 0.2) is 78.0 Å². The van der Waals surface area contributed by atoms with Crippen molar-refractivity contribution < 1.29 is 14.3 Å². The number of rotatable bonds is 6. The van der Waals surface area contributed by atoms with Crippen molar-refractivity contribution in [3.8, 4) is 11.5 Å². The maximum Gasteiger partial charge on any atom is 0.166 e. The van der Waals surface area contributed by atoms with Crippen molar-refractivity contribution in [3.05, 3.63) is 94.7 Å². The van der Waals surface area contributed by atoms with E-state index in [-0.39, 0.29) is 17.7 Å². The lowest BCUT2D eigenvalue weighted by atomic mass is 9.78. The fourth-order valence-corrected chi connectivity index (χ4v) is 5.21. The number of carbonyl (C=O) groups excluding carboxylic acids is 1. The van der Waals surface area contributed by atoms with Gasteiger partial charge in [-0.3, -0.25) is 4.79 Å². The van der Waals surface area contributed by atoms with Crippen LogP contribution in [0.3, 0.4) is 0 Å².